The molecule has 16 heavy (non-hydrogen) atoms. The van der Waals surface area contributed by atoms with Crippen LogP contribution in [0.2, 0.25) is 0 Å². The molecule has 0 saturated carbocycles. The zero-order valence-electron chi connectivity index (χ0n) is 9.15. The Bertz CT molecular complexity index is 431. The number of pyridine rings is 1. The number of nitrogens with one attached hydrogen (secondary N) is 1. The zero-order chi connectivity index (χ0) is 12.3. The van der Waals surface area contributed by atoms with E-state index in [1.54, 1.807) is 32.2 Å². The van der Waals surface area contributed by atoms with Gasteiger partial charge in [0.1, 0.15) is 16.3 Å². The molecule has 6 heteroatoms. The Hall–Kier alpha value is -1.69. The molecule has 0 spiro atoms. The number of aromatic nitrogens is 1. The lowest BCUT2D eigenvalue weighted by atomic mass is 10.0. The van der Waals surface area contributed by atoms with E-state index in [9.17, 15) is 4.79 Å². The first kappa shape index (κ1) is 12.4. The molecule has 0 fully saturated rings. The van der Waals surface area contributed by atoms with Crippen LogP contribution in [0, 0.1) is 0 Å². The summed E-state index contributed by atoms with van der Waals surface area (Å²) in [6.45, 7) is 3.32. The molecule has 0 bridgehead atoms. The predicted octanol–water partition coefficient (Wildman–Crippen LogP) is 0.392. The van der Waals surface area contributed by atoms with E-state index in [2.05, 4.69) is 10.3 Å². The van der Waals surface area contributed by atoms with Crippen LogP contribution in [0.1, 0.15) is 19.4 Å². The van der Waals surface area contributed by atoms with Crippen molar-refractivity contribution in [1.82, 2.24) is 4.98 Å². The normalized spacial score (nSPS) is 10.9. The quantitative estimate of drug-likeness (QED) is 0.660. The van der Waals surface area contributed by atoms with Gasteiger partial charge in [-0.25, -0.2) is 4.98 Å². The molecule has 0 atom stereocenters. The highest BCUT2D eigenvalue weighted by Crippen LogP contribution is 2.16. The maximum atomic E-state index is 11.2. The first-order chi connectivity index (χ1) is 7.34. The number of anilines is 1. The Morgan fingerprint density at radius 2 is 2.12 bits per heavy atom. The van der Waals surface area contributed by atoms with E-state index < -0.39 is 11.4 Å². The Balaban J connectivity index is 3.06. The van der Waals surface area contributed by atoms with E-state index in [-0.39, 0.29) is 4.99 Å². The summed E-state index contributed by atoms with van der Waals surface area (Å²) in [4.78, 5) is 15.5. The van der Waals surface area contributed by atoms with Crippen molar-refractivity contribution in [3.05, 3.63) is 23.9 Å². The van der Waals surface area contributed by atoms with Gasteiger partial charge in [-0.05, 0) is 26.0 Å². The number of hydrogen-bond acceptors (Lipinski definition) is 4. The van der Waals surface area contributed by atoms with Crippen molar-refractivity contribution in [2.45, 2.75) is 19.4 Å². The SMILES string of the molecule is CC(C)(Nc1ncccc1C(N)=S)C(N)=O. The highest BCUT2D eigenvalue weighted by Gasteiger charge is 2.26. The fourth-order valence-corrected chi connectivity index (χ4v) is 1.23. The van der Waals surface area contributed by atoms with E-state index >= 15 is 0 Å². The first-order valence-electron chi connectivity index (χ1n) is 4.67. The zero-order valence-corrected chi connectivity index (χ0v) is 9.97. The minimum atomic E-state index is -0.909. The topological polar surface area (TPSA) is 94.0 Å². The number of rotatable bonds is 4. The highest BCUT2D eigenvalue weighted by molar-refractivity contribution is 7.80. The largest absolute Gasteiger partial charge is 0.389 e. The standard InChI is InChI=1S/C10H14N4OS/c1-10(2,9(12)15)14-8-6(7(11)16)4-3-5-13-8/h3-5H,1-2H3,(H2,11,16)(H2,12,15)(H,13,14). The third-order valence-corrected chi connectivity index (χ3v) is 2.34. The number of thiocarbonyl (C=S) groups is 1. The summed E-state index contributed by atoms with van der Waals surface area (Å²) in [7, 11) is 0. The molecule has 1 aromatic heterocycles. The van der Waals surface area contributed by atoms with Crippen LogP contribution in [0.25, 0.3) is 0 Å². The third-order valence-electron chi connectivity index (χ3n) is 2.12. The minimum Gasteiger partial charge on any atom is -0.389 e. The number of nitrogens with zero attached hydrogens (tertiary/aromatic N) is 1. The van der Waals surface area contributed by atoms with Crippen molar-refractivity contribution in [3.63, 3.8) is 0 Å². The number of hydrogen-bond donors (Lipinski definition) is 3. The Morgan fingerprint density at radius 3 is 2.62 bits per heavy atom. The van der Waals surface area contributed by atoms with Gasteiger partial charge in [0.2, 0.25) is 5.91 Å². The summed E-state index contributed by atoms with van der Waals surface area (Å²) in [5, 5.41) is 2.91. The van der Waals surface area contributed by atoms with Gasteiger partial charge in [-0.3, -0.25) is 4.79 Å². The fraction of sp³-hybridized carbons (Fsp3) is 0.300. The van der Waals surface area contributed by atoms with Crippen molar-refractivity contribution in [2.75, 3.05) is 5.32 Å². The van der Waals surface area contributed by atoms with Crippen molar-refractivity contribution >= 4 is 28.9 Å². The molecule has 1 rings (SSSR count). The van der Waals surface area contributed by atoms with Crippen LogP contribution in [0.5, 0.6) is 0 Å². The first-order valence-corrected chi connectivity index (χ1v) is 5.08. The lowest BCUT2D eigenvalue weighted by Gasteiger charge is -2.24. The molecule has 0 saturated heterocycles. The smallest absolute Gasteiger partial charge is 0.242 e. The van der Waals surface area contributed by atoms with Gasteiger partial charge in [0, 0.05) is 6.20 Å². The summed E-state index contributed by atoms with van der Waals surface area (Å²) in [6, 6.07) is 3.45. The molecule has 5 nitrogen and oxygen atoms in total. The van der Waals surface area contributed by atoms with Crippen LogP contribution in [-0.4, -0.2) is 21.4 Å². The Kier molecular flexibility index (Phi) is 3.44. The average Bonchev–Trinajstić information content (AvgIpc) is 2.17. The third kappa shape index (κ3) is 2.66. The van der Waals surface area contributed by atoms with E-state index in [4.69, 9.17) is 23.7 Å². The number of nitrogens with two attached hydrogens (primary N) is 2. The van der Waals surface area contributed by atoms with Crippen molar-refractivity contribution in [1.29, 1.82) is 0 Å². The second kappa shape index (κ2) is 4.44. The van der Waals surface area contributed by atoms with Gasteiger partial charge in [-0.1, -0.05) is 12.2 Å². The minimum absolute atomic E-state index is 0.218. The molecule has 0 unspecified atom stereocenters. The lowest BCUT2D eigenvalue weighted by Crippen LogP contribution is -2.45. The summed E-state index contributed by atoms with van der Waals surface area (Å²) in [5.74, 6) is -0.0224. The van der Waals surface area contributed by atoms with Crippen molar-refractivity contribution in [3.8, 4) is 0 Å². The molecule has 0 radical (unpaired) electrons. The number of carbonyl (C=O) groups is 1. The molecule has 1 aromatic rings. The van der Waals surface area contributed by atoms with Crippen LogP contribution in [0.15, 0.2) is 18.3 Å². The summed E-state index contributed by atoms with van der Waals surface area (Å²) in [5.41, 5.74) is 10.5. The van der Waals surface area contributed by atoms with Crippen LogP contribution >= 0.6 is 12.2 Å². The van der Waals surface area contributed by atoms with Gasteiger partial charge in [0.05, 0.1) is 5.56 Å². The maximum Gasteiger partial charge on any atom is 0.242 e. The monoisotopic (exact) mass is 238 g/mol. The molecule has 5 N–H and O–H groups in total. The van der Waals surface area contributed by atoms with Gasteiger partial charge in [-0.2, -0.15) is 0 Å². The van der Waals surface area contributed by atoms with Crippen LogP contribution in [0.4, 0.5) is 5.82 Å². The summed E-state index contributed by atoms with van der Waals surface area (Å²) in [6.07, 6.45) is 1.58. The number of amides is 1. The molecule has 1 heterocycles. The predicted molar refractivity (Wildman–Crippen MR) is 67.0 cm³/mol. The molecule has 0 aromatic carbocycles. The van der Waals surface area contributed by atoms with Crippen molar-refractivity contribution < 1.29 is 4.79 Å². The highest BCUT2D eigenvalue weighted by atomic mass is 32.1. The summed E-state index contributed by atoms with van der Waals surface area (Å²) < 4.78 is 0. The molecule has 0 aliphatic carbocycles. The number of carbonyl (C=O) groups excluding carboxylic acids is 1. The van der Waals surface area contributed by atoms with Gasteiger partial charge >= 0.3 is 0 Å². The van der Waals surface area contributed by atoms with Crippen LogP contribution in [0.3, 0.4) is 0 Å². The average molecular weight is 238 g/mol. The lowest BCUT2D eigenvalue weighted by molar-refractivity contribution is -0.121. The van der Waals surface area contributed by atoms with Gasteiger partial charge in [0.15, 0.2) is 0 Å². The van der Waals surface area contributed by atoms with Gasteiger partial charge in [0.25, 0.3) is 0 Å². The number of primary amides is 1. The van der Waals surface area contributed by atoms with E-state index in [0.29, 0.717) is 11.4 Å². The molecule has 0 aliphatic heterocycles. The van der Waals surface area contributed by atoms with E-state index in [1.165, 1.54) is 0 Å². The van der Waals surface area contributed by atoms with Gasteiger partial charge < -0.3 is 16.8 Å². The molecule has 1 amide bonds. The molecular formula is C10H14N4OS. The second-order valence-corrected chi connectivity index (χ2v) is 4.32. The van der Waals surface area contributed by atoms with Crippen LogP contribution < -0.4 is 16.8 Å². The maximum absolute atomic E-state index is 11.2. The Morgan fingerprint density at radius 1 is 1.50 bits per heavy atom. The Labute approximate surface area is 99.2 Å². The second-order valence-electron chi connectivity index (χ2n) is 3.88. The summed E-state index contributed by atoms with van der Waals surface area (Å²) >= 11 is 4.89. The van der Waals surface area contributed by atoms with E-state index in [0.717, 1.165) is 0 Å². The van der Waals surface area contributed by atoms with E-state index in [1.807, 2.05) is 0 Å². The fourth-order valence-electron chi connectivity index (χ4n) is 1.06. The van der Waals surface area contributed by atoms with Crippen molar-refractivity contribution in [2.24, 2.45) is 11.5 Å². The van der Waals surface area contributed by atoms with Gasteiger partial charge in [-0.15, -0.1) is 0 Å². The molecule has 86 valence electrons. The van der Waals surface area contributed by atoms with Crippen LogP contribution in [-0.2, 0) is 4.79 Å². The molecule has 0 aliphatic rings. The molecular weight excluding hydrogens is 224 g/mol.